The summed E-state index contributed by atoms with van der Waals surface area (Å²) < 4.78 is 0. The lowest BCUT2D eigenvalue weighted by molar-refractivity contribution is 0.858. The first-order chi connectivity index (χ1) is 12.1. The van der Waals surface area contributed by atoms with Crippen molar-refractivity contribution in [3.8, 4) is 0 Å². The average Bonchev–Trinajstić information content (AvgIpc) is 2.61. The summed E-state index contributed by atoms with van der Waals surface area (Å²) >= 11 is 5.93. The zero-order valence-electron chi connectivity index (χ0n) is 14.4. The predicted octanol–water partition coefficient (Wildman–Crippen LogP) is 4.69. The summed E-state index contributed by atoms with van der Waals surface area (Å²) in [5, 5.41) is 4.10. The van der Waals surface area contributed by atoms with Crippen molar-refractivity contribution in [1.29, 1.82) is 0 Å². The van der Waals surface area contributed by atoms with E-state index in [1.165, 1.54) is 5.56 Å². The fourth-order valence-corrected chi connectivity index (χ4v) is 2.66. The number of benzene rings is 2. The van der Waals surface area contributed by atoms with Crippen LogP contribution in [0.1, 0.15) is 16.8 Å². The van der Waals surface area contributed by atoms with E-state index in [0.717, 1.165) is 28.6 Å². The van der Waals surface area contributed by atoms with Crippen molar-refractivity contribution < 1.29 is 0 Å². The van der Waals surface area contributed by atoms with Crippen LogP contribution in [-0.2, 0) is 13.1 Å². The normalized spacial score (nSPS) is 10.5. The molecule has 2 aromatic carbocycles. The Labute approximate surface area is 153 Å². The molecule has 0 spiro atoms. The van der Waals surface area contributed by atoms with E-state index in [1.807, 2.05) is 62.5 Å². The van der Waals surface area contributed by atoms with Gasteiger partial charge in [0.2, 0.25) is 5.95 Å². The molecule has 3 rings (SSSR count). The molecule has 128 valence electrons. The molecule has 0 radical (unpaired) electrons. The number of aryl methyl sites for hydroxylation is 1. The number of hydrogen-bond acceptors (Lipinski definition) is 4. The van der Waals surface area contributed by atoms with Gasteiger partial charge in [-0.1, -0.05) is 54.1 Å². The number of anilines is 2. The zero-order valence-corrected chi connectivity index (χ0v) is 15.2. The van der Waals surface area contributed by atoms with Crippen molar-refractivity contribution in [2.24, 2.45) is 0 Å². The van der Waals surface area contributed by atoms with Gasteiger partial charge < -0.3 is 10.2 Å². The van der Waals surface area contributed by atoms with Crippen LogP contribution in [-0.4, -0.2) is 17.0 Å². The van der Waals surface area contributed by atoms with Gasteiger partial charge >= 0.3 is 0 Å². The lowest BCUT2D eigenvalue weighted by Crippen LogP contribution is -2.20. The number of nitrogens with one attached hydrogen (secondary N) is 1. The molecule has 0 amide bonds. The molecule has 0 saturated carbocycles. The molecule has 0 fully saturated rings. The molecule has 3 aromatic rings. The molecule has 25 heavy (non-hydrogen) atoms. The molecule has 0 aliphatic rings. The van der Waals surface area contributed by atoms with Crippen molar-refractivity contribution in [1.82, 2.24) is 9.97 Å². The molecular formula is C20H21ClN4. The van der Waals surface area contributed by atoms with Gasteiger partial charge in [-0.2, -0.15) is 4.98 Å². The average molecular weight is 353 g/mol. The van der Waals surface area contributed by atoms with E-state index in [-0.39, 0.29) is 0 Å². The highest BCUT2D eigenvalue weighted by atomic mass is 35.5. The number of aromatic nitrogens is 2. The third kappa shape index (κ3) is 4.94. The van der Waals surface area contributed by atoms with E-state index in [0.29, 0.717) is 12.5 Å². The highest BCUT2D eigenvalue weighted by Crippen LogP contribution is 2.16. The monoisotopic (exact) mass is 352 g/mol. The van der Waals surface area contributed by atoms with Crippen molar-refractivity contribution in [3.63, 3.8) is 0 Å². The second kappa shape index (κ2) is 7.99. The van der Waals surface area contributed by atoms with Crippen molar-refractivity contribution in [2.45, 2.75) is 20.0 Å². The van der Waals surface area contributed by atoms with Crippen molar-refractivity contribution >= 4 is 23.4 Å². The van der Waals surface area contributed by atoms with Crippen LogP contribution in [0.4, 0.5) is 11.8 Å². The Hall–Kier alpha value is -2.59. The van der Waals surface area contributed by atoms with E-state index in [1.54, 1.807) is 0 Å². The number of halogens is 1. The van der Waals surface area contributed by atoms with E-state index in [4.69, 9.17) is 11.6 Å². The quantitative estimate of drug-likeness (QED) is 0.699. The summed E-state index contributed by atoms with van der Waals surface area (Å²) in [6, 6.07) is 20.1. The van der Waals surface area contributed by atoms with Gasteiger partial charge in [0.05, 0.1) is 0 Å². The van der Waals surface area contributed by atoms with Gasteiger partial charge in [-0.25, -0.2) is 4.98 Å². The Balaban J connectivity index is 1.70. The molecule has 1 N–H and O–H groups in total. The topological polar surface area (TPSA) is 41.1 Å². The highest BCUT2D eigenvalue weighted by molar-refractivity contribution is 6.30. The second-order valence-electron chi connectivity index (χ2n) is 6.02. The number of nitrogens with zero attached hydrogens (tertiary/aromatic N) is 3. The van der Waals surface area contributed by atoms with Crippen molar-refractivity contribution in [2.75, 3.05) is 17.3 Å². The third-order valence-corrected chi connectivity index (χ3v) is 4.09. The minimum atomic E-state index is 0.690. The molecular weight excluding hydrogens is 332 g/mol. The lowest BCUT2D eigenvalue weighted by Gasteiger charge is -2.18. The summed E-state index contributed by atoms with van der Waals surface area (Å²) in [5.41, 5.74) is 3.31. The van der Waals surface area contributed by atoms with Gasteiger partial charge in [0, 0.05) is 36.9 Å². The molecule has 0 atom stereocenters. The Morgan fingerprint density at radius 3 is 2.40 bits per heavy atom. The molecule has 0 aliphatic carbocycles. The minimum absolute atomic E-state index is 0.690. The molecule has 5 heteroatoms. The summed E-state index contributed by atoms with van der Waals surface area (Å²) in [7, 11) is 2.00. The Morgan fingerprint density at radius 1 is 0.960 bits per heavy atom. The Morgan fingerprint density at radius 2 is 1.68 bits per heavy atom. The number of rotatable bonds is 6. The largest absolute Gasteiger partial charge is 0.366 e. The summed E-state index contributed by atoms with van der Waals surface area (Å²) in [4.78, 5) is 11.2. The number of hydrogen-bond donors (Lipinski definition) is 1. The fourth-order valence-electron chi connectivity index (χ4n) is 2.54. The van der Waals surface area contributed by atoms with E-state index in [9.17, 15) is 0 Å². The molecule has 4 nitrogen and oxygen atoms in total. The molecule has 0 saturated heterocycles. The molecule has 0 bridgehead atoms. The van der Waals surface area contributed by atoms with Crippen LogP contribution < -0.4 is 10.2 Å². The second-order valence-corrected chi connectivity index (χ2v) is 6.45. The predicted molar refractivity (Wildman–Crippen MR) is 104 cm³/mol. The maximum Gasteiger partial charge on any atom is 0.227 e. The van der Waals surface area contributed by atoms with Gasteiger partial charge in [-0.05, 0) is 30.2 Å². The maximum absolute atomic E-state index is 5.93. The van der Waals surface area contributed by atoms with E-state index >= 15 is 0 Å². The van der Waals surface area contributed by atoms with Gasteiger partial charge in [0.1, 0.15) is 5.82 Å². The smallest absolute Gasteiger partial charge is 0.227 e. The minimum Gasteiger partial charge on any atom is -0.366 e. The highest BCUT2D eigenvalue weighted by Gasteiger charge is 2.08. The van der Waals surface area contributed by atoms with E-state index < -0.39 is 0 Å². The summed E-state index contributed by atoms with van der Waals surface area (Å²) in [6.07, 6.45) is 0. The van der Waals surface area contributed by atoms with Crippen LogP contribution in [0.2, 0.25) is 5.02 Å². The first kappa shape index (κ1) is 17.2. The Kier molecular flexibility index (Phi) is 5.51. The van der Waals surface area contributed by atoms with Crippen LogP contribution in [0.25, 0.3) is 0 Å². The zero-order chi connectivity index (χ0) is 17.6. The molecule has 1 aromatic heterocycles. The summed E-state index contributed by atoms with van der Waals surface area (Å²) in [5.74, 6) is 1.53. The fraction of sp³-hybridized carbons (Fsp3) is 0.200. The summed E-state index contributed by atoms with van der Waals surface area (Å²) in [6.45, 7) is 3.44. The molecule has 0 aliphatic heterocycles. The van der Waals surface area contributed by atoms with Gasteiger partial charge in [-0.3, -0.25) is 0 Å². The van der Waals surface area contributed by atoms with Crippen molar-refractivity contribution in [3.05, 3.63) is 82.5 Å². The van der Waals surface area contributed by atoms with Gasteiger partial charge in [0.25, 0.3) is 0 Å². The van der Waals surface area contributed by atoms with Crippen LogP contribution in [0.5, 0.6) is 0 Å². The van der Waals surface area contributed by atoms with Gasteiger partial charge in [0.15, 0.2) is 0 Å². The SMILES string of the molecule is Cc1cc(NCc2ccc(Cl)cc2)nc(N(C)Cc2ccccc2)n1. The first-order valence-electron chi connectivity index (χ1n) is 8.19. The van der Waals surface area contributed by atoms with Crippen LogP contribution in [0, 0.1) is 6.92 Å². The van der Waals surface area contributed by atoms with Gasteiger partial charge in [-0.15, -0.1) is 0 Å². The molecule has 0 unspecified atom stereocenters. The van der Waals surface area contributed by atoms with E-state index in [2.05, 4.69) is 32.3 Å². The standard InChI is InChI=1S/C20H21ClN4/c1-15-12-19(22-13-16-8-10-18(21)11-9-16)24-20(23-15)25(2)14-17-6-4-3-5-7-17/h3-12H,13-14H2,1-2H3,(H,22,23,24). The Bertz CT molecular complexity index is 819. The molecule has 1 heterocycles. The lowest BCUT2D eigenvalue weighted by atomic mass is 10.2. The maximum atomic E-state index is 5.93. The van der Waals surface area contributed by atoms with Crippen LogP contribution >= 0.6 is 11.6 Å². The third-order valence-electron chi connectivity index (χ3n) is 3.83. The first-order valence-corrected chi connectivity index (χ1v) is 8.57. The van der Waals surface area contributed by atoms with Crippen LogP contribution in [0.3, 0.4) is 0 Å². The van der Waals surface area contributed by atoms with Crippen LogP contribution in [0.15, 0.2) is 60.7 Å².